The molecular formula is C13H17FN2O4. The number of aliphatic carboxylic acids is 1. The lowest BCUT2D eigenvalue weighted by atomic mass is 10.1. The van der Waals surface area contributed by atoms with Gasteiger partial charge >= 0.3 is 5.97 Å². The molecule has 1 aromatic heterocycles. The van der Waals surface area contributed by atoms with Crippen LogP contribution in [0.25, 0.3) is 0 Å². The standard InChI is InChI=1S/C13H17FN2O4/c1-8-10(9(2)20-15-8)3-4-11(17)16-6-5-13(14,7-16)12(18)19/h3-7H2,1-2H3,(H,18,19). The van der Waals surface area contributed by atoms with Crippen LogP contribution in [0.4, 0.5) is 4.39 Å². The van der Waals surface area contributed by atoms with Crippen LogP contribution >= 0.6 is 0 Å². The number of carbonyl (C=O) groups excluding carboxylic acids is 1. The van der Waals surface area contributed by atoms with E-state index < -0.39 is 11.6 Å². The topological polar surface area (TPSA) is 83.6 Å². The molecule has 2 rings (SSSR count). The van der Waals surface area contributed by atoms with Crippen LogP contribution in [0.15, 0.2) is 4.52 Å². The number of rotatable bonds is 4. The van der Waals surface area contributed by atoms with Crippen molar-refractivity contribution in [1.82, 2.24) is 10.1 Å². The van der Waals surface area contributed by atoms with E-state index in [4.69, 9.17) is 9.63 Å². The highest BCUT2D eigenvalue weighted by Gasteiger charge is 2.46. The van der Waals surface area contributed by atoms with E-state index in [0.29, 0.717) is 12.2 Å². The number of alkyl halides is 1. The smallest absolute Gasteiger partial charge is 0.343 e. The number of halogens is 1. The second-order valence-electron chi connectivity index (χ2n) is 5.14. The lowest BCUT2D eigenvalue weighted by molar-refractivity contribution is -0.150. The summed E-state index contributed by atoms with van der Waals surface area (Å²) in [6, 6.07) is 0. The molecule has 1 amide bonds. The van der Waals surface area contributed by atoms with Gasteiger partial charge in [0.1, 0.15) is 5.76 Å². The highest BCUT2D eigenvalue weighted by atomic mass is 19.1. The number of carbonyl (C=O) groups is 2. The normalized spacial score (nSPS) is 22.2. The van der Waals surface area contributed by atoms with Gasteiger partial charge < -0.3 is 14.5 Å². The number of amides is 1. The number of hydrogen-bond donors (Lipinski definition) is 1. The molecule has 0 radical (unpaired) electrons. The lowest BCUT2D eigenvalue weighted by Crippen LogP contribution is -2.39. The van der Waals surface area contributed by atoms with E-state index in [1.807, 2.05) is 0 Å². The number of likely N-dealkylation sites (tertiary alicyclic amines) is 1. The van der Waals surface area contributed by atoms with Crippen molar-refractivity contribution in [2.75, 3.05) is 13.1 Å². The Bertz CT molecular complexity index is 523. The highest BCUT2D eigenvalue weighted by molar-refractivity contribution is 5.82. The molecule has 1 aromatic rings. The molecule has 2 heterocycles. The quantitative estimate of drug-likeness (QED) is 0.899. The van der Waals surface area contributed by atoms with Gasteiger partial charge in [-0.25, -0.2) is 9.18 Å². The second-order valence-corrected chi connectivity index (χ2v) is 5.14. The molecule has 20 heavy (non-hydrogen) atoms. The summed E-state index contributed by atoms with van der Waals surface area (Å²) in [5.41, 5.74) is -0.692. The molecule has 0 saturated carbocycles. The summed E-state index contributed by atoms with van der Waals surface area (Å²) < 4.78 is 18.9. The molecule has 6 nitrogen and oxygen atoms in total. The molecule has 0 aromatic carbocycles. The van der Waals surface area contributed by atoms with Crippen molar-refractivity contribution in [3.8, 4) is 0 Å². The van der Waals surface area contributed by atoms with Crippen molar-refractivity contribution < 1.29 is 23.6 Å². The molecule has 0 spiro atoms. The van der Waals surface area contributed by atoms with Gasteiger partial charge in [0.2, 0.25) is 11.6 Å². The van der Waals surface area contributed by atoms with Gasteiger partial charge in [-0.05, 0) is 20.3 Å². The molecule has 1 aliphatic heterocycles. The van der Waals surface area contributed by atoms with Crippen LogP contribution in [0.3, 0.4) is 0 Å². The Morgan fingerprint density at radius 2 is 2.20 bits per heavy atom. The summed E-state index contributed by atoms with van der Waals surface area (Å²) >= 11 is 0. The average Bonchev–Trinajstić information content (AvgIpc) is 2.93. The fourth-order valence-electron chi connectivity index (χ4n) is 2.41. The fraction of sp³-hybridized carbons (Fsp3) is 0.615. The Morgan fingerprint density at radius 1 is 1.50 bits per heavy atom. The van der Waals surface area contributed by atoms with E-state index in [9.17, 15) is 14.0 Å². The Labute approximate surface area is 115 Å². The maximum Gasteiger partial charge on any atom is 0.343 e. The predicted octanol–water partition coefficient (Wildman–Crippen LogP) is 1.25. The summed E-state index contributed by atoms with van der Waals surface area (Å²) in [6.45, 7) is 3.34. The van der Waals surface area contributed by atoms with Gasteiger partial charge in [-0.1, -0.05) is 5.16 Å². The molecule has 1 fully saturated rings. The Hall–Kier alpha value is -1.92. The minimum absolute atomic E-state index is 0.142. The van der Waals surface area contributed by atoms with Crippen molar-refractivity contribution in [1.29, 1.82) is 0 Å². The molecule has 1 atom stereocenters. The first-order valence-corrected chi connectivity index (χ1v) is 6.45. The molecule has 1 aliphatic rings. The number of carboxylic acid groups (broad SMARTS) is 1. The first kappa shape index (κ1) is 14.5. The van der Waals surface area contributed by atoms with Gasteiger partial charge in [0, 0.05) is 24.9 Å². The SMILES string of the molecule is Cc1noc(C)c1CCC(=O)N1CCC(F)(C(=O)O)C1. The van der Waals surface area contributed by atoms with E-state index in [2.05, 4.69) is 5.16 Å². The van der Waals surface area contributed by atoms with E-state index in [1.54, 1.807) is 13.8 Å². The molecule has 110 valence electrons. The van der Waals surface area contributed by atoms with Gasteiger partial charge in [-0.2, -0.15) is 0 Å². The van der Waals surface area contributed by atoms with Gasteiger partial charge in [0.25, 0.3) is 0 Å². The van der Waals surface area contributed by atoms with Crippen LogP contribution in [0.5, 0.6) is 0 Å². The van der Waals surface area contributed by atoms with Gasteiger partial charge in [0.05, 0.1) is 12.2 Å². The van der Waals surface area contributed by atoms with E-state index in [1.165, 1.54) is 4.90 Å². The summed E-state index contributed by atoms with van der Waals surface area (Å²) in [4.78, 5) is 24.1. The number of nitrogens with zero attached hydrogens (tertiary/aromatic N) is 2. The van der Waals surface area contributed by atoms with Gasteiger partial charge in [-0.3, -0.25) is 4.79 Å². The van der Waals surface area contributed by atoms with Crippen LogP contribution in [-0.2, 0) is 16.0 Å². The molecule has 1 saturated heterocycles. The van der Waals surface area contributed by atoms with Crippen molar-refractivity contribution in [2.45, 2.75) is 38.8 Å². The Morgan fingerprint density at radius 3 is 2.70 bits per heavy atom. The van der Waals surface area contributed by atoms with Crippen molar-refractivity contribution in [3.05, 3.63) is 17.0 Å². The molecule has 1 unspecified atom stereocenters. The Balaban J connectivity index is 1.93. The van der Waals surface area contributed by atoms with Gasteiger partial charge in [-0.15, -0.1) is 0 Å². The Kier molecular flexibility index (Phi) is 3.78. The molecule has 1 N–H and O–H groups in total. The number of aromatic nitrogens is 1. The van der Waals surface area contributed by atoms with E-state index in [0.717, 1.165) is 11.3 Å². The molecular weight excluding hydrogens is 267 g/mol. The van der Waals surface area contributed by atoms with Gasteiger partial charge in [0.15, 0.2) is 0 Å². The lowest BCUT2D eigenvalue weighted by Gasteiger charge is -2.17. The third-order valence-corrected chi connectivity index (χ3v) is 3.73. The predicted molar refractivity (Wildman–Crippen MR) is 67.0 cm³/mol. The maximum atomic E-state index is 13.9. The molecule has 0 bridgehead atoms. The number of carboxylic acids is 1. The largest absolute Gasteiger partial charge is 0.479 e. The van der Waals surface area contributed by atoms with Crippen LogP contribution in [0.2, 0.25) is 0 Å². The zero-order chi connectivity index (χ0) is 14.9. The molecule has 0 aliphatic carbocycles. The van der Waals surface area contributed by atoms with E-state index >= 15 is 0 Å². The fourth-order valence-corrected chi connectivity index (χ4v) is 2.41. The van der Waals surface area contributed by atoms with Crippen molar-refractivity contribution in [2.24, 2.45) is 0 Å². The number of aryl methyl sites for hydroxylation is 2. The monoisotopic (exact) mass is 284 g/mol. The third kappa shape index (κ3) is 2.66. The minimum Gasteiger partial charge on any atom is -0.479 e. The second kappa shape index (κ2) is 5.22. The van der Waals surface area contributed by atoms with Crippen molar-refractivity contribution >= 4 is 11.9 Å². The zero-order valence-electron chi connectivity index (χ0n) is 11.5. The summed E-state index contributed by atoms with van der Waals surface area (Å²) in [7, 11) is 0. The number of hydrogen-bond acceptors (Lipinski definition) is 4. The molecule has 7 heteroatoms. The van der Waals surface area contributed by atoms with Crippen LogP contribution < -0.4 is 0 Å². The van der Waals surface area contributed by atoms with Crippen LogP contribution in [-0.4, -0.2) is 45.8 Å². The minimum atomic E-state index is -2.31. The van der Waals surface area contributed by atoms with Crippen molar-refractivity contribution in [3.63, 3.8) is 0 Å². The summed E-state index contributed by atoms with van der Waals surface area (Å²) in [5, 5.41) is 12.6. The van der Waals surface area contributed by atoms with E-state index in [-0.39, 0.29) is 31.8 Å². The highest BCUT2D eigenvalue weighted by Crippen LogP contribution is 2.26. The zero-order valence-corrected chi connectivity index (χ0v) is 11.5. The average molecular weight is 284 g/mol. The first-order valence-electron chi connectivity index (χ1n) is 6.45. The summed E-state index contributed by atoms with van der Waals surface area (Å²) in [6.07, 6.45) is 0.501. The maximum absolute atomic E-state index is 13.9. The van der Waals surface area contributed by atoms with Crippen LogP contribution in [0, 0.1) is 13.8 Å². The third-order valence-electron chi connectivity index (χ3n) is 3.73. The summed E-state index contributed by atoms with van der Waals surface area (Å²) in [5.74, 6) is -1.08. The van der Waals surface area contributed by atoms with Crippen LogP contribution in [0.1, 0.15) is 29.9 Å². The first-order chi connectivity index (χ1) is 9.33.